The molecule has 1 unspecified atom stereocenters. The van der Waals surface area contributed by atoms with E-state index in [2.05, 4.69) is 10.4 Å². The van der Waals surface area contributed by atoms with E-state index in [1.54, 1.807) is 35.1 Å². The third-order valence-corrected chi connectivity index (χ3v) is 4.11. The lowest BCUT2D eigenvalue weighted by Crippen LogP contribution is -2.35. The van der Waals surface area contributed by atoms with E-state index in [0.717, 1.165) is 5.56 Å². The molecule has 2 heterocycles. The predicted octanol–water partition coefficient (Wildman–Crippen LogP) is 1.35. The molecule has 1 N–H and O–H groups in total. The molecule has 1 aromatic heterocycles. The van der Waals surface area contributed by atoms with E-state index < -0.39 is 0 Å². The van der Waals surface area contributed by atoms with Crippen molar-refractivity contribution in [3.8, 4) is 0 Å². The normalized spacial score (nSPS) is 15.5. The molecule has 1 aliphatic heterocycles. The third-order valence-electron chi connectivity index (χ3n) is 4.11. The van der Waals surface area contributed by atoms with Crippen LogP contribution in [-0.2, 0) is 22.7 Å². The number of carbonyl (C=O) groups excluding carboxylic acids is 3. The Labute approximate surface area is 145 Å². The van der Waals surface area contributed by atoms with Gasteiger partial charge in [-0.15, -0.1) is 0 Å². The molecule has 1 atom stereocenters. The quantitative estimate of drug-likeness (QED) is 0.805. The molecule has 0 spiro atoms. The molecule has 1 fully saturated rings. The number of carbonyl (C=O) groups is 3. The fourth-order valence-corrected chi connectivity index (χ4v) is 2.79. The fraction of sp³-hybridized carbons (Fsp3) is 0.333. The summed E-state index contributed by atoms with van der Waals surface area (Å²) in [6.45, 7) is 2.77. The largest absolute Gasteiger partial charge is 0.348 e. The van der Waals surface area contributed by atoms with Gasteiger partial charge >= 0.3 is 0 Å². The van der Waals surface area contributed by atoms with Gasteiger partial charge in [0.15, 0.2) is 0 Å². The summed E-state index contributed by atoms with van der Waals surface area (Å²) in [5.41, 5.74) is 1.36. The predicted molar refractivity (Wildman–Crippen MR) is 90.4 cm³/mol. The molecular formula is C18H20N4O3. The first-order chi connectivity index (χ1) is 12.0. The first-order valence-electron chi connectivity index (χ1n) is 8.23. The minimum absolute atomic E-state index is 0.0630. The average Bonchev–Trinajstić information content (AvgIpc) is 3.20. The zero-order chi connectivity index (χ0) is 17.8. The van der Waals surface area contributed by atoms with Crippen LogP contribution >= 0.6 is 0 Å². The summed E-state index contributed by atoms with van der Waals surface area (Å²) >= 11 is 0. The van der Waals surface area contributed by atoms with E-state index in [1.807, 2.05) is 19.2 Å². The van der Waals surface area contributed by atoms with Gasteiger partial charge in [-0.25, -0.2) is 0 Å². The Bertz CT molecular complexity index is 752. The van der Waals surface area contributed by atoms with Crippen molar-refractivity contribution >= 4 is 17.7 Å². The fourth-order valence-electron chi connectivity index (χ4n) is 2.79. The SMILES string of the molecule is CC(Cn1cccn1)NC(=O)c1ccc(CN2C(=O)CCC2=O)cc1. The standard InChI is InChI=1S/C18H20N4O3/c1-13(11-21-10-2-9-19-21)20-18(25)15-5-3-14(4-6-15)12-22-16(23)7-8-17(22)24/h2-6,9-10,13H,7-8,11-12H2,1H3,(H,20,25). The summed E-state index contributed by atoms with van der Waals surface area (Å²) in [5.74, 6) is -0.446. The Balaban J connectivity index is 1.57. The molecule has 130 valence electrons. The second-order valence-electron chi connectivity index (χ2n) is 6.17. The molecule has 3 amide bonds. The van der Waals surface area contributed by atoms with Gasteiger partial charge in [0.25, 0.3) is 5.91 Å². The maximum Gasteiger partial charge on any atom is 0.251 e. The van der Waals surface area contributed by atoms with Gasteiger partial charge in [0.05, 0.1) is 13.1 Å². The van der Waals surface area contributed by atoms with Crippen LogP contribution in [-0.4, -0.2) is 38.4 Å². The van der Waals surface area contributed by atoms with Gasteiger partial charge in [0.2, 0.25) is 11.8 Å². The third kappa shape index (κ3) is 4.12. The van der Waals surface area contributed by atoms with E-state index in [-0.39, 0.29) is 43.1 Å². The summed E-state index contributed by atoms with van der Waals surface area (Å²) in [6.07, 6.45) is 4.11. The molecule has 0 bridgehead atoms. The minimum atomic E-state index is -0.167. The molecule has 1 saturated heterocycles. The van der Waals surface area contributed by atoms with Crippen LogP contribution in [0.4, 0.5) is 0 Å². The molecule has 25 heavy (non-hydrogen) atoms. The molecule has 1 aromatic carbocycles. The van der Waals surface area contributed by atoms with E-state index in [9.17, 15) is 14.4 Å². The van der Waals surface area contributed by atoms with Gasteiger partial charge in [0, 0.05) is 36.8 Å². The number of amides is 3. The van der Waals surface area contributed by atoms with Crippen molar-refractivity contribution in [2.24, 2.45) is 0 Å². The van der Waals surface area contributed by atoms with Gasteiger partial charge in [-0.2, -0.15) is 5.10 Å². The molecule has 7 nitrogen and oxygen atoms in total. The van der Waals surface area contributed by atoms with E-state index in [1.165, 1.54) is 4.90 Å². The van der Waals surface area contributed by atoms with Crippen LogP contribution in [0.25, 0.3) is 0 Å². The van der Waals surface area contributed by atoms with Crippen LogP contribution in [0, 0.1) is 0 Å². The van der Waals surface area contributed by atoms with Crippen LogP contribution in [0.5, 0.6) is 0 Å². The zero-order valence-corrected chi connectivity index (χ0v) is 14.0. The summed E-state index contributed by atoms with van der Waals surface area (Å²) in [5, 5.41) is 7.04. The van der Waals surface area contributed by atoms with Crippen LogP contribution in [0.1, 0.15) is 35.7 Å². The number of aromatic nitrogens is 2. The lowest BCUT2D eigenvalue weighted by atomic mass is 10.1. The second kappa shape index (κ2) is 7.29. The molecule has 3 rings (SSSR count). The zero-order valence-electron chi connectivity index (χ0n) is 14.0. The highest BCUT2D eigenvalue weighted by Gasteiger charge is 2.28. The average molecular weight is 340 g/mol. The highest BCUT2D eigenvalue weighted by Crippen LogP contribution is 2.16. The van der Waals surface area contributed by atoms with Gasteiger partial charge in [-0.05, 0) is 30.7 Å². The van der Waals surface area contributed by atoms with Crippen molar-refractivity contribution in [3.05, 3.63) is 53.9 Å². The lowest BCUT2D eigenvalue weighted by Gasteiger charge is -2.15. The number of nitrogens with one attached hydrogen (secondary N) is 1. The highest BCUT2D eigenvalue weighted by atomic mass is 16.2. The van der Waals surface area contributed by atoms with Crippen LogP contribution in [0.3, 0.4) is 0 Å². The van der Waals surface area contributed by atoms with Crippen LogP contribution < -0.4 is 5.32 Å². The van der Waals surface area contributed by atoms with E-state index in [4.69, 9.17) is 0 Å². The Morgan fingerprint density at radius 1 is 1.20 bits per heavy atom. The number of imide groups is 1. The number of hydrogen-bond donors (Lipinski definition) is 1. The van der Waals surface area contributed by atoms with Crippen LogP contribution in [0.15, 0.2) is 42.7 Å². The van der Waals surface area contributed by atoms with Gasteiger partial charge in [-0.3, -0.25) is 24.0 Å². The minimum Gasteiger partial charge on any atom is -0.348 e. The topological polar surface area (TPSA) is 84.3 Å². The highest BCUT2D eigenvalue weighted by molar-refractivity contribution is 6.01. The van der Waals surface area contributed by atoms with E-state index in [0.29, 0.717) is 12.1 Å². The van der Waals surface area contributed by atoms with Crippen molar-refractivity contribution in [1.29, 1.82) is 0 Å². The number of likely N-dealkylation sites (tertiary alicyclic amines) is 1. The first kappa shape index (κ1) is 16.9. The molecular weight excluding hydrogens is 320 g/mol. The second-order valence-corrected chi connectivity index (χ2v) is 6.17. The van der Waals surface area contributed by atoms with Crippen LogP contribution in [0.2, 0.25) is 0 Å². The number of rotatable bonds is 6. The lowest BCUT2D eigenvalue weighted by molar-refractivity contribution is -0.139. The van der Waals surface area contributed by atoms with Crippen molar-refractivity contribution < 1.29 is 14.4 Å². The number of hydrogen-bond acceptors (Lipinski definition) is 4. The van der Waals surface area contributed by atoms with Crippen molar-refractivity contribution in [2.45, 2.75) is 38.9 Å². The van der Waals surface area contributed by atoms with Gasteiger partial charge < -0.3 is 5.32 Å². The Morgan fingerprint density at radius 2 is 1.88 bits per heavy atom. The van der Waals surface area contributed by atoms with E-state index >= 15 is 0 Å². The Hall–Kier alpha value is -2.96. The summed E-state index contributed by atoms with van der Waals surface area (Å²) in [4.78, 5) is 36.8. The van der Waals surface area contributed by atoms with Crippen molar-refractivity contribution in [2.75, 3.05) is 0 Å². The monoisotopic (exact) mass is 340 g/mol. The molecule has 2 aromatic rings. The van der Waals surface area contributed by atoms with Gasteiger partial charge in [-0.1, -0.05) is 12.1 Å². The smallest absolute Gasteiger partial charge is 0.251 e. The van der Waals surface area contributed by atoms with Crippen molar-refractivity contribution in [1.82, 2.24) is 20.0 Å². The maximum absolute atomic E-state index is 12.3. The van der Waals surface area contributed by atoms with Gasteiger partial charge in [0.1, 0.15) is 0 Å². The molecule has 0 saturated carbocycles. The first-order valence-corrected chi connectivity index (χ1v) is 8.23. The summed E-state index contributed by atoms with van der Waals surface area (Å²) in [6, 6.07) is 8.72. The molecule has 1 aliphatic rings. The Morgan fingerprint density at radius 3 is 2.48 bits per heavy atom. The summed E-state index contributed by atoms with van der Waals surface area (Å²) < 4.78 is 1.76. The Kier molecular flexibility index (Phi) is 4.92. The maximum atomic E-state index is 12.3. The molecule has 0 radical (unpaired) electrons. The molecule has 0 aliphatic carbocycles. The van der Waals surface area contributed by atoms with Crippen molar-refractivity contribution in [3.63, 3.8) is 0 Å². The summed E-state index contributed by atoms with van der Waals surface area (Å²) in [7, 11) is 0. The number of benzene rings is 1. The number of nitrogens with zero attached hydrogens (tertiary/aromatic N) is 3. The molecule has 7 heteroatoms.